The van der Waals surface area contributed by atoms with Crippen LogP contribution in [0.4, 0.5) is 0 Å². The number of amidine groups is 1. The van der Waals surface area contributed by atoms with Crippen molar-refractivity contribution in [2.45, 2.75) is 46.5 Å². The Kier molecular flexibility index (Phi) is 4.43. The van der Waals surface area contributed by atoms with Crippen LogP contribution in [0.15, 0.2) is 4.99 Å². The van der Waals surface area contributed by atoms with E-state index in [1.165, 1.54) is 25.7 Å². The smallest absolute Gasteiger partial charge is 0.0962 e. The molecule has 1 saturated carbocycles. The molecule has 14 heavy (non-hydrogen) atoms. The normalized spacial score (nSPS) is 29.6. The lowest BCUT2D eigenvalue weighted by Gasteiger charge is -2.25. The third-order valence-corrected chi connectivity index (χ3v) is 3.17. The summed E-state index contributed by atoms with van der Waals surface area (Å²) in [6.07, 6.45) is 5.47. The fraction of sp³-hybridized carbons (Fsp3) is 0.917. The van der Waals surface area contributed by atoms with Crippen molar-refractivity contribution in [3.63, 3.8) is 0 Å². The summed E-state index contributed by atoms with van der Waals surface area (Å²) in [5.74, 6) is 2.90. The third kappa shape index (κ3) is 3.69. The van der Waals surface area contributed by atoms with Gasteiger partial charge in [-0.1, -0.05) is 33.6 Å². The predicted octanol–water partition coefficient (Wildman–Crippen LogP) is 2.83. The molecule has 2 unspecified atom stereocenters. The fourth-order valence-corrected chi connectivity index (χ4v) is 2.14. The van der Waals surface area contributed by atoms with E-state index in [1.54, 1.807) is 0 Å². The van der Waals surface area contributed by atoms with Gasteiger partial charge in [0.2, 0.25) is 0 Å². The number of nitrogens with zero attached hydrogens (tertiary/aromatic N) is 1. The van der Waals surface area contributed by atoms with Gasteiger partial charge in [-0.05, 0) is 24.7 Å². The Morgan fingerprint density at radius 1 is 1.43 bits per heavy atom. The number of nitrogens with two attached hydrogens (primary N) is 1. The Morgan fingerprint density at radius 2 is 2.14 bits per heavy atom. The highest BCUT2D eigenvalue weighted by Crippen LogP contribution is 2.28. The second kappa shape index (κ2) is 5.38. The van der Waals surface area contributed by atoms with E-state index >= 15 is 0 Å². The lowest BCUT2D eigenvalue weighted by Crippen LogP contribution is -2.22. The van der Waals surface area contributed by atoms with Crippen LogP contribution < -0.4 is 5.73 Å². The second-order valence-corrected chi connectivity index (χ2v) is 5.06. The molecule has 1 aliphatic rings. The van der Waals surface area contributed by atoms with E-state index in [0.717, 1.165) is 24.2 Å². The van der Waals surface area contributed by atoms with Crippen molar-refractivity contribution < 1.29 is 0 Å². The molecular weight excluding hydrogens is 172 g/mol. The number of hydrogen-bond acceptors (Lipinski definition) is 1. The minimum atomic E-state index is 0.399. The van der Waals surface area contributed by atoms with Crippen LogP contribution in [0.1, 0.15) is 46.5 Å². The van der Waals surface area contributed by atoms with E-state index in [-0.39, 0.29) is 0 Å². The van der Waals surface area contributed by atoms with Gasteiger partial charge in [0.15, 0.2) is 0 Å². The molecule has 0 aromatic rings. The van der Waals surface area contributed by atoms with E-state index in [4.69, 9.17) is 5.73 Å². The van der Waals surface area contributed by atoms with Crippen molar-refractivity contribution in [2.75, 3.05) is 6.54 Å². The topological polar surface area (TPSA) is 38.4 Å². The summed E-state index contributed by atoms with van der Waals surface area (Å²) in [5, 5.41) is 0. The average Bonchev–Trinajstić information content (AvgIpc) is 2.14. The molecule has 0 aliphatic heterocycles. The minimum Gasteiger partial charge on any atom is -0.387 e. The Balaban J connectivity index is 2.33. The summed E-state index contributed by atoms with van der Waals surface area (Å²) in [5.41, 5.74) is 5.82. The molecule has 0 heterocycles. The van der Waals surface area contributed by atoms with Crippen LogP contribution in [0.2, 0.25) is 0 Å². The molecule has 0 aromatic heterocycles. The summed E-state index contributed by atoms with van der Waals surface area (Å²) < 4.78 is 0. The highest BCUT2D eigenvalue weighted by Gasteiger charge is 2.18. The first-order valence-corrected chi connectivity index (χ1v) is 5.89. The van der Waals surface area contributed by atoms with Gasteiger partial charge in [0, 0.05) is 12.5 Å². The van der Waals surface area contributed by atoms with Crippen LogP contribution in [0.25, 0.3) is 0 Å². The average molecular weight is 196 g/mol. The largest absolute Gasteiger partial charge is 0.387 e. The highest BCUT2D eigenvalue weighted by atomic mass is 14.9. The first-order valence-electron chi connectivity index (χ1n) is 5.89. The number of rotatable bonds is 3. The maximum absolute atomic E-state index is 5.82. The van der Waals surface area contributed by atoms with E-state index in [1.807, 2.05) is 0 Å². The predicted molar refractivity (Wildman–Crippen MR) is 62.4 cm³/mol. The van der Waals surface area contributed by atoms with Gasteiger partial charge in [-0.15, -0.1) is 0 Å². The first-order chi connectivity index (χ1) is 6.59. The van der Waals surface area contributed by atoms with Crippen molar-refractivity contribution in [3.05, 3.63) is 0 Å². The Hall–Kier alpha value is -0.530. The van der Waals surface area contributed by atoms with Crippen molar-refractivity contribution in [1.29, 1.82) is 0 Å². The van der Waals surface area contributed by atoms with Crippen LogP contribution in [0.5, 0.6) is 0 Å². The molecule has 0 bridgehead atoms. The number of aliphatic imine (C=N–C) groups is 1. The van der Waals surface area contributed by atoms with Crippen LogP contribution in [0, 0.1) is 17.8 Å². The van der Waals surface area contributed by atoms with Gasteiger partial charge in [0.1, 0.15) is 0 Å². The molecule has 0 saturated heterocycles. The van der Waals surface area contributed by atoms with Crippen molar-refractivity contribution in [3.8, 4) is 0 Å². The van der Waals surface area contributed by atoms with E-state index in [0.29, 0.717) is 5.92 Å². The SMILES string of the molecule is CC1CCCC(CN=C(N)C(C)C)C1. The first kappa shape index (κ1) is 11.5. The summed E-state index contributed by atoms with van der Waals surface area (Å²) in [7, 11) is 0. The quantitative estimate of drug-likeness (QED) is 0.547. The molecule has 0 aromatic carbocycles. The third-order valence-electron chi connectivity index (χ3n) is 3.17. The summed E-state index contributed by atoms with van der Waals surface area (Å²) in [6.45, 7) is 7.50. The molecule has 1 aliphatic carbocycles. The summed E-state index contributed by atoms with van der Waals surface area (Å²) >= 11 is 0. The molecular formula is C12H24N2. The van der Waals surface area contributed by atoms with Crippen molar-refractivity contribution >= 4 is 5.84 Å². The molecule has 0 amide bonds. The molecule has 0 radical (unpaired) electrons. The number of hydrogen-bond donors (Lipinski definition) is 1. The van der Waals surface area contributed by atoms with Crippen LogP contribution in [-0.2, 0) is 0 Å². The van der Waals surface area contributed by atoms with Gasteiger partial charge in [-0.25, -0.2) is 0 Å². The zero-order valence-electron chi connectivity index (χ0n) is 9.79. The van der Waals surface area contributed by atoms with Gasteiger partial charge >= 0.3 is 0 Å². The molecule has 2 heteroatoms. The Bertz CT molecular complexity index is 196. The van der Waals surface area contributed by atoms with Gasteiger partial charge in [0.25, 0.3) is 0 Å². The zero-order valence-corrected chi connectivity index (χ0v) is 9.79. The van der Waals surface area contributed by atoms with E-state index < -0.39 is 0 Å². The molecule has 0 spiro atoms. The summed E-state index contributed by atoms with van der Waals surface area (Å²) in [4.78, 5) is 4.48. The van der Waals surface area contributed by atoms with Gasteiger partial charge in [0.05, 0.1) is 5.84 Å². The molecule has 1 rings (SSSR count). The standard InChI is InChI=1S/C12H24N2/c1-9(2)12(13)14-8-11-6-4-5-10(3)7-11/h9-11H,4-8H2,1-3H3,(H2,13,14). The molecule has 2 N–H and O–H groups in total. The minimum absolute atomic E-state index is 0.399. The fourth-order valence-electron chi connectivity index (χ4n) is 2.14. The van der Waals surface area contributed by atoms with Crippen LogP contribution in [-0.4, -0.2) is 12.4 Å². The van der Waals surface area contributed by atoms with Gasteiger partial charge in [-0.2, -0.15) is 0 Å². The van der Waals surface area contributed by atoms with Crippen LogP contribution >= 0.6 is 0 Å². The van der Waals surface area contributed by atoms with Crippen molar-refractivity contribution in [1.82, 2.24) is 0 Å². The van der Waals surface area contributed by atoms with Gasteiger partial charge < -0.3 is 5.73 Å². The summed E-state index contributed by atoms with van der Waals surface area (Å²) in [6, 6.07) is 0. The molecule has 2 nitrogen and oxygen atoms in total. The Morgan fingerprint density at radius 3 is 2.71 bits per heavy atom. The second-order valence-electron chi connectivity index (χ2n) is 5.06. The molecule has 82 valence electrons. The van der Waals surface area contributed by atoms with Crippen LogP contribution in [0.3, 0.4) is 0 Å². The lowest BCUT2D eigenvalue weighted by molar-refractivity contribution is 0.289. The van der Waals surface area contributed by atoms with E-state index in [9.17, 15) is 0 Å². The monoisotopic (exact) mass is 196 g/mol. The van der Waals surface area contributed by atoms with E-state index in [2.05, 4.69) is 25.8 Å². The molecule has 2 atom stereocenters. The van der Waals surface area contributed by atoms with Gasteiger partial charge in [-0.3, -0.25) is 4.99 Å². The molecule has 1 fully saturated rings. The Labute approximate surface area is 88.0 Å². The van der Waals surface area contributed by atoms with Crippen molar-refractivity contribution in [2.24, 2.45) is 28.5 Å². The lowest BCUT2D eigenvalue weighted by atomic mass is 9.82. The zero-order chi connectivity index (χ0) is 10.6. The maximum atomic E-state index is 5.82. The maximum Gasteiger partial charge on any atom is 0.0962 e. The highest BCUT2D eigenvalue weighted by molar-refractivity contribution is 5.82.